The van der Waals surface area contributed by atoms with E-state index in [1.807, 2.05) is 0 Å². The number of carbonyl (C=O) groups is 1. The van der Waals surface area contributed by atoms with Crippen LogP contribution in [-0.2, 0) is 0 Å². The summed E-state index contributed by atoms with van der Waals surface area (Å²) in [5, 5.41) is 0. The number of Topliss-reactive ketones (excluding diaryl/α,β-unsaturated/α-hetero) is 1. The molecule has 1 aromatic carbocycles. The van der Waals surface area contributed by atoms with Crippen LogP contribution in [0.25, 0.3) is 11.1 Å². The zero-order valence-electron chi connectivity index (χ0n) is 8.82. The van der Waals surface area contributed by atoms with Crippen LogP contribution in [0.1, 0.15) is 17.3 Å². The molecule has 0 aliphatic heterocycles. The van der Waals surface area contributed by atoms with Gasteiger partial charge in [-0.25, -0.2) is 4.79 Å². The largest absolute Gasteiger partial charge is 0.417 e. The maximum Gasteiger partial charge on any atom is 0.417 e. The van der Waals surface area contributed by atoms with Crippen LogP contribution in [0, 0.1) is 5.92 Å². The Morgan fingerprint density at radius 3 is 3.00 bits per heavy atom. The lowest BCUT2D eigenvalue weighted by Crippen LogP contribution is -2.20. The molecule has 1 heterocycles. The van der Waals surface area contributed by atoms with Crippen molar-refractivity contribution in [2.24, 2.45) is 11.7 Å². The SMILES string of the molecule is CC(CN)C(=O)c1ccc2oc(=O)[nH]c2c1. The summed E-state index contributed by atoms with van der Waals surface area (Å²) in [4.78, 5) is 25.3. The van der Waals surface area contributed by atoms with E-state index in [1.54, 1.807) is 25.1 Å². The number of H-pyrrole nitrogens is 1. The van der Waals surface area contributed by atoms with Crippen molar-refractivity contribution < 1.29 is 9.21 Å². The highest BCUT2D eigenvalue weighted by molar-refractivity contribution is 6.00. The van der Waals surface area contributed by atoms with Crippen molar-refractivity contribution >= 4 is 16.9 Å². The van der Waals surface area contributed by atoms with E-state index >= 15 is 0 Å². The maximum absolute atomic E-state index is 11.8. The van der Waals surface area contributed by atoms with Gasteiger partial charge in [0.15, 0.2) is 11.4 Å². The summed E-state index contributed by atoms with van der Waals surface area (Å²) < 4.78 is 4.84. The standard InChI is InChI=1S/C11H12N2O3/c1-6(5-12)10(14)7-2-3-9-8(4-7)13-11(15)16-9/h2-4,6H,5,12H2,1H3,(H,13,15). The Kier molecular flexibility index (Phi) is 2.62. The number of ketones is 1. The summed E-state index contributed by atoms with van der Waals surface area (Å²) in [6.07, 6.45) is 0. The summed E-state index contributed by atoms with van der Waals surface area (Å²) in [6, 6.07) is 4.84. The molecule has 0 aliphatic rings. The maximum atomic E-state index is 11.8. The number of aromatic amines is 1. The number of nitrogens with one attached hydrogen (secondary N) is 1. The van der Waals surface area contributed by atoms with Crippen LogP contribution in [0.5, 0.6) is 0 Å². The first-order valence-corrected chi connectivity index (χ1v) is 4.99. The number of oxazole rings is 1. The second-order valence-electron chi connectivity index (χ2n) is 3.73. The van der Waals surface area contributed by atoms with E-state index < -0.39 is 5.76 Å². The van der Waals surface area contributed by atoms with E-state index in [1.165, 1.54) is 0 Å². The summed E-state index contributed by atoms with van der Waals surface area (Å²) in [7, 11) is 0. The number of aromatic nitrogens is 1. The van der Waals surface area contributed by atoms with Gasteiger partial charge in [-0.05, 0) is 18.2 Å². The molecule has 0 saturated carbocycles. The van der Waals surface area contributed by atoms with Gasteiger partial charge in [0.1, 0.15) is 0 Å². The normalized spacial score (nSPS) is 12.9. The molecule has 3 N–H and O–H groups in total. The molecule has 2 aromatic rings. The van der Waals surface area contributed by atoms with Gasteiger partial charge in [0.2, 0.25) is 0 Å². The zero-order valence-corrected chi connectivity index (χ0v) is 8.82. The van der Waals surface area contributed by atoms with E-state index in [2.05, 4.69) is 4.98 Å². The fraction of sp³-hybridized carbons (Fsp3) is 0.273. The van der Waals surface area contributed by atoms with Crippen molar-refractivity contribution in [3.63, 3.8) is 0 Å². The lowest BCUT2D eigenvalue weighted by atomic mass is 9.99. The third-order valence-corrected chi connectivity index (χ3v) is 2.50. The molecule has 0 spiro atoms. The molecule has 2 rings (SSSR count). The van der Waals surface area contributed by atoms with E-state index in [0.29, 0.717) is 23.2 Å². The average Bonchev–Trinajstić information content (AvgIpc) is 2.65. The van der Waals surface area contributed by atoms with Gasteiger partial charge in [-0.15, -0.1) is 0 Å². The molecule has 5 heteroatoms. The summed E-state index contributed by atoms with van der Waals surface area (Å²) in [5.41, 5.74) is 6.93. The molecule has 0 amide bonds. The van der Waals surface area contributed by atoms with Gasteiger partial charge in [0, 0.05) is 18.0 Å². The summed E-state index contributed by atoms with van der Waals surface area (Å²) in [5.74, 6) is -0.783. The number of carbonyl (C=O) groups excluding carboxylic acids is 1. The van der Waals surface area contributed by atoms with Crippen LogP contribution >= 0.6 is 0 Å². The van der Waals surface area contributed by atoms with Crippen molar-refractivity contribution in [3.05, 3.63) is 34.3 Å². The Labute approximate surface area is 91.2 Å². The van der Waals surface area contributed by atoms with Crippen LogP contribution in [0.15, 0.2) is 27.4 Å². The van der Waals surface area contributed by atoms with Crippen molar-refractivity contribution in [2.45, 2.75) is 6.92 Å². The van der Waals surface area contributed by atoms with Crippen LogP contribution in [-0.4, -0.2) is 17.3 Å². The fourth-order valence-corrected chi connectivity index (χ4v) is 1.50. The molecule has 0 fully saturated rings. The molecule has 5 nitrogen and oxygen atoms in total. The second kappa shape index (κ2) is 3.94. The predicted octanol–water partition coefficient (Wildman–Crippen LogP) is 0.899. The van der Waals surface area contributed by atoms with Crippen molar-refractivity contribution in [2.75, 3.05) is 6.54 Å². The van der Waals surface area contributed by atoms with Gasteiger partial charge in [-0.1, -0.05) is 6.92 Å². The molecule has 0 bridgehead atoms. The lowest BCUT2D eigenvalue weighted by Gasteiger charge is -2.06. The zero-order chi connectivity index (χ0) is 11.7. The van der Waals surface area contributed by atoms with Gasteiger partial charge >= 0.3 is 5.76 Å². The third kappa shape index (κ3) is 1.77. The van der Waals surface area contributed by atoms with Crippen LogP contribution in [0.4, 0.5) is 0 Å². The molecule has 84 valence electrons. The summed E-state index contributed by atoms with van der Waals surface area (Å²) in [6.45, 7) is 2.07. The number of hydrogen-bond acceptors (Lipinski definition) is 4. The van der Waals surface area contributed by atoms with E-state index in [9.17, 15) is 9.59 Å². The van der Waals surface area contributed by atoms with Crippen molar-refractivity contribution in [1.82, 2.24) is 4.98 Å². The van der Waals surface area contributed by atoms with E-state index in [-0.39, 0.29) is 11.7 Å². The number of fused-ring (bicyclic) bond motifs is 1. The van der Waals surface area contributed by atoms with Crippen LogP contribution in [0.2, 0.25) is 0 Å². The first-order chi connectivity index (χ1) is 7.61. The molecule has 1 unspecified atom stereocenters. The minimum absolute atomic E-state index is 0.0357. The highest BCUT2D eigenvalue weighted by Gasteiger charge is 2.14. The van der Waals surface area contributed by atoms with Crippen LogP contribution < -0.4 is 11.5 Å². The molecule has 16 heavy (non-hydrogen) atoms. The molecule has 0 radical (unpaired) electrons. The monoisotopic (exact) mass is 220 g/mol. The number of nitrogens with two attached hydrogens (primary N) is 1. The highest BCUT2D eigenvalue weighted by Crippen LogP contribution is 2.15. The minimum Gasteiger partial charge on any atom is -0.408 e. The molecular formula is C11H12N2O3. The Balaban J connectivity index is 2.46. The van der Waals surface area contributed by atoms with Gasteiger partial charge in [-0.2, -0.15) is 0 Å². The molecule has 0 saturated heterocycles. The first kappa shape index (κ1) is 10.6. The Hall–Kier alpha value is -1.88. The van der Waals surface area contributed by atoms with Gasteiger partial charge in [-0.3, -0.25) is 9.78 Å². The number of hydrogen-bond donors (Lipinski definition) is 2. The second-order valence-corrected chi connectivity index (χ2v) is 3.73. The van der Waals surface area contributed by atoms with Gasteiger partial charge in [0.25, 0.3) is 0 Å². The van der Waals surface area contributed by atoms with Crippen molar-refractivity contribution in [1.29, 1.82) is 0 Å². The Morgan fingerprint density at radius 1 is 1.56 bits per heavy atom. The topological polar surface area (TPSA) is 89.1 Å². The number of benzene rings is 1. The quantitative estimate of drug-likeness (QED) is 0.752. The smallest absolute Gasteiger partial charge is 0.408 e. The van der Waals surface area contributed by atoms with E-state index in [0.717, 1.165) is 0 Å². The molecule has 1 atom stereocenters. The van der Waals surface area contributed by atoms with Crippen LogP contribution in [0.3, 0.4) is 0 Å². The summed E-state index contributed by atoms with van der Waals surface area (Å²) >= 11 is 0. The van der Waals surface area contributed by atoms with Crippen molar-refractivity contribution in [3.8, 4) is 0 Å². The highest BCUT2D eigenvalue weighted by atomic mass is 16.4. The third-order valence-electron chi connectivity index (χ3n) is 2.50. The van der Waals surface area contributed by atoms with E-state index in [4.69, 9.17) is 10.2 Å². The van der Waals surface area contributed by atoms with Gasteiger partial charge in [0.05, 0.1) is 5.52 Å². The molecular weight excluding hydrogens is 208 g/mol. The first-order valence-electron chi connectivity index (χ1n) is 4.99. The average molecular weight is 220 g/mol. The lowest BCUT2D eigenvalue weighted by molar-refractivity contribution is 0.0934. The predicted molar refractivity (Wildman–Crippen MR) is 59.4 cm³/mol. The fourth-order valence-electron chi connectivity index (χ4n) is 1.50. The molecule has 0 aliphatic carbocycles. The minimum atomic E-state index is -0.522. The molecule has 1 aromatic heterocycles. The number of rotatable bonds is 3. The van der Waals surface area contributed by atoms with Gasteiger partial charge < -0.3 is 10.2 Å². The Morgan fingerprint density at radius 2 is 2.31 bits per heavy atom. The Bertz CT molecular complexity index is 582.